The van der Waals surface area contributed by atoms with Crippen LogP contribution in [0.25, 0.3) is 0 Å². The molecule has 4 aliphatic carbocycles. The van der Waals surface area contributed by atoms with Crippen LogP contribution in [0.3, 0.4) is 0 Å². The van der Waals surface area contributed by atoms with Gasteiger partial charge in [0.05, 0.1) is 18.1 Å². The third-order valence-electron chi connectivity index (χ3n) is 11.9. The second-order valence-electron chi connectivity index (χ2n) is 14.0. The summed E-state index contributed by atoms with van der Waals surface area (Å²) in [5.74, 6) is 0.567. The van der Waals surface area contributed by atoms with Gasteiger partial charge in [-0.1, -0.05) is 51.8 Å². The Hall–Kier alpha value is -1.13. The molecular weight excluding hydrogens is 424 g/mol. The highest BCUT2D eigenvalue weighted by Crippen LogP contribution is 2.73. The first-order valence-corrected chi connectivity index (χ1v) is 13.7. The molecule has 0 unspecified atom stereocenters. The lowest BCUT2D eigenvalue weighted by molar-refractivity contribution is -0.149. The molecule has 1 heterocycles. The zero-order valence-electron chi connectivity index (χ0n) is 22.4. The number of allylic oxidation sites excluding steroid dienone is 3. The third kappa shape index (κ3) is 3.13. The second kappa shape index (κ2) is 7.68. The van der Waals surface area contributed by atoms with Gasteiger partial charge in [0.1, 0.15) is 6.10 Å². The number of esters is 1. The average molecular weight is 471 g/mol. The van der Waals surface area contributed by atoms with Crippen molar-refractivity contribution in [2.45, 2.75) is 112 Å². The van der Waals surface area contributed by atoms with E-state index in [1.54, 1.807) is 5.57 Å². The van der Waals surface area contributed by atoms with Gasteiger partial charge in [-0.15, -0.1) is 0 Å². The maximum Gasteiger partial charge on any atom is 0.310 e. The molecule has 3 saturated carbocycles. The van der Waals surface area contributed by atoms with Gasteiger partial charge in [0, 0.05) is 12.3 Å². The average Bonchev–Trinajstić information content (AvgIpc) is 3.17. The number of fused-ring (bicyclic) bond motifs is 5. The van der Waals surface area contributed by atoms with Crippen molar-refractivity contribution in [3.8, 4) is 0 Å². The van der Waals surface area contributed by atoms with Gasteiger partial charge >= 0.3 is 5.97 Å². The minimum absolute atomic E-state index is 0.0578. The van der Waals surface area contributed by atoms with Gasteiger partial charge < -0.3 is 14.9 Å². The Bertz CT molecular complexity index is 928. The van der Waals surface area contributed by atoms with E-state index in [9.17, 15) is 15.0 Å². The van der Waals surface area contributed by atoms with E-state index in [1.165, 1.54) is 0 Å². The van der Waals surface area contributed by atoms with Crippen molar-refractivity contribution in [1.82, 2.24) is 0 Å². The third-order valence-corrected chi connectivity index (χ3v) is 11.9. The van der Waals surface area contributed by atoms with Crippen LogP contribution in [0.1, 0.15) is 93.4 Å². The number of hydrogen-bond donors (Lipinski definition) is 2. The molecule has 5 aliphatic rings. The largest absolute Gasteiger partial charge is 0.458 e. The van der Waals surface area contributed by atoms with Crippen LogP contribution in [0.15, 0.2) is 23.3 Å². The second-order valence-corrected chi connectivity index (χ2v) is 14.0. The van der Waals surface area contributed by atoms with Crippen LogP contribution in [0, 0.1) is 45.3 Å². The van der Waals surface area contributed by atoms with E-state index in [2.05, 4.69) is 46.8 Å². The van der Waals surface area contributed by atoms with Gasteiger partial charge in [0.2, 0.25) is 0 Å². The fraction of sp³-hybridized carbons (Fsp3) is 0.833. The number of hydrogen-bond acceptors (Lipinski definition) is 4. The van der Waals surface area contributed by atoms with Gasteiger partial charge in [-0.2, -0.15) is 0 Å². The summed E-state index contributed by atoms with van der Waals surface area (Å²) in [6, 6.07) is 0. The van der Waals surface area contributed by atoms with Crippen LogP contribution in [0.4, 0.5) is 0 Å². The summed E-state index contributed by atoms with van der Waals surface area (Å²) in [7, 11) is 0. The lowest BCUT2D eigenvalue weighted by atomic mass is 9.41. The Balaban J connectivity index is 1.50. The van der Waals surface area contributed by atoms with Crippen molar-refractivity contribution in [1.29, 1.82) is 0 Å². The summed E-state index contributed by atoms with van der Waals surface area (Å²) in [6.07, 6.45) is 10.2. The number of carbonyl (C=O) groups excluding carboxylic acids is 1. The number of cyclic esters (lactones) is 1. The Morgan fingerprint density at radius 1 is 1.09 bits per heavy atom. The Kier molecular flexibility index (Phi) is 5.55. The molecular formula is C30H46O4. The molecule has 0 bridgehead atoms. The molecule has 0 spiro atoms. The Morgan fingerprint density at radius 2 is 1.79 bits per heavy atom. The van der Waals surface area contributed by atoms with E-state index in [1.807, 2.05) is 13.8 Å². The van der Waals surface area contributed by atoms with Crippen LogP contribution in [0.2, 0.25) is 0 Å². The molecule has 1 saturated heterocycles. The number of aliphatic hydroxyl groups excluding tert-OH is 2. The summed E-state index contributed by atoms with van der Waals surface area (Å²) in [5, 5.41) is 22.3. The molecule has 10 atom stereocenters. The number of carbonyl (C=O) groups is 1. The van der Waals surface area contributed by atoms with Crippen LogP contribution in [0.5, 0.6) is 0 Å². The lowest BCUT2D eigenvalue weighted by Crippen LogP contribution is -2.58. The molecule has 0 radical (unpaired) electrons. The van der Waals surface area contributed by atoms with E-state index in [-0.39, 0.29) is 51.7 Å². The predicted molar refractivity (Wildman–Crippen MR) is 134 cm³/mol. The van der Waals surface area contributed by atoms with Crippen LogP contribution < -0.4 is 0 Å². The topological polar surface area (TPSA) is 66.8 Å². The summed E-state index contributed by atoms with van der Waals surface area (Å²) in [5.41, 5.74) is 2.58. The molecule has 1 aliphatic heterocycles. The molecule has 0 aromatic rings. The van der Waals surface area contributed by atoms with E-state index in [0.717, 1.165) is 44.1 Å². The molecule has 0 amide bonds. The van der Waals surface area contributed by atoms with Gasteiger partial charge in [-0.3, -0.25) is 4.79 Å². The molecule has 2 N–H and O–H groups in total. The van der Waals surface area contributed by atoms with E-state index < -0.39 is 6.10 Å². The first-order chi connectivity index (χ1) is 15.8. The van der Waals surface area contributed by atoms with Gasteiger partial charge in [0.25, 0.3) is 0 Å². The van der Waals surface area contributed by atoms with Gasteiger partial charge in [-0.05, 0) is 91.9 Å². The summed E-state index contributed by atoms with van der Waals surface area (Å²) >= 11 is 0. The van der Waals surface area contributed by atoms with E-state index >= 15 is 0 Å². The number of aliphatic hydroxyl groups is 2. The minimum Gasteiger partial charge on any atom is -0.458 e. The van der Waals surface area contributed by atoms with Crippen LogP contribution >= 0.6 is 0 Å². The predicted octanol–water partition coefficient (Wildman–Crippen LogP) is 5.82. The highest BCUT2D eigenvalue weighted by Gasteiger charge is 2.69. The molecule has 0 aromatic heterocycles. The molecule has 190 valence electrons. The lowest BCUT2D eigenvalue weighted by Gasteiger charge is -2.64. The zero-order chi connectivity index (χ0) is 24.8. The Morgan fingerprint density at radius 3 is 2.47 bits per heavy atom. The smallest absolute Gasteiger partial charge is 0.310 e. The molecule has 5 rings (SSSR count). The first kappa shape index (κ1) is 24.6. The van der Waals surface area contributed by atoms with Crippen molar-refractivity contribution in [3.05, 3.63) is 23.3 Å². The summed E-state index contributed by atoms with van der Waals surface area (Å²) in [4.78, 5) is 13.0. The number of ether oxygens (including phenoxy) is 1. The van der Waals surface area contributed by atoms with Crippen molar-refractivity contribution >= 4 is 5.97 Å². The van der Waals surface area contributed by atoms with Gasteiger partial charge in [-0.25, -0.2) is 0 Å². The summed E-state index contributed by atoms with van der Waals surface area (Å²) in [6.45, 7) is 15.8. The highest BCUT2D eigenvalue weighted by molar-refractivity contribution is 5.76. The monoisotopic (exact) mass is 470 g/mol. The van der Waals surface area contributed by atoms with Crippen molar-refractivity contribution in [3.63, 3.8) is 0 Å². The molecule has 4 nitrogen and oxygen atoms in total. The molecule has 4 heteroatoms. The van der Waals surface area contributed by atoms with Crippen molar-refractivity contribution in [2.24, 2.45) is 45.3 Å². The fourth-order valence-electron chi connectivity index (χ4n) is 9.92. The highest BCUT2D eigenvalue weighted by atomic mass is 16.5. The normalized spacial score (nSPS) is 51.6. The Labute approximate surface area is 206 Å². The SMILES string of the molecule is CC(C)=C[C@H]1C[C@H]([C@@H]2[C@@H](O)C[C@]3(C)C4=CC[C@H]5C(C)(C)[C@@H](O)CC[C@]5(C)[C@@H]4CC[C@@]23C)C(=O)O1. The summed E-state index contributed by atoms with van der Waals surface area (Å²) < 4.78 is 5.76. The van der Waals surface area contributed by atoms with Crippen LogP contribution in [-0.2, 0) is 9.53 Å². The van der Waals surface area contributed by atoms with E-state index in [4.69, 9.17) is 4.74 Å². The molecule has 0 aromatic carbocycles. The molecule has 4 fully saturated rings. The zero-order valence-corrected chi connectivity index (χ0v) is 22.4. The van der Waals surface area contributed by atoms with Crippen LogP contribution in [-0.4, -0.2) is 34.5 Å². The quantitative estimate of drug-likeness (QED) is 0.394. The maximum atomic E-state index is 13.0. The first-order valence-electron chi connectivity index (χ1n) is 13.7. The van der Waals surface area contributed by atoms with Crippen molar-refractivity contribution in [2.75, 3.05) is 0 Å². The molecule has 34 heavy (non-hydrogen) atoms. The fourth-order valence-corrected chi connectivity index (χ4v) is 9.92. The van der Waals surface area contributed by atoms with Gasteiger partial charge in [0.15, 0.2) is 0 Å². The maximum absolute atomic E-state index is 13.0. The standard InChI is InChI=1S/C30H46O4/c1-17(2)14-18-15-19(26(33)34-18)25-22(31)16-30(7)21-8-9-23-27(3,4)24(32)11-12-28(23,5)20(21)10-13-29(25,30)6/h8,14,18-20,22-25,31-32H,9-13,15-16H2,1-7H3/t18-,19+,20+,22-,23-,24-,25+,28+,29-,30+/m0/s1. The van der Waals surface area contributed by atoms with E-state index in [0.29, 0.717) is 18.3 Å². The minimum atomic E-state index is -0.479. The van der Waals surface area contributed by atoms with Crippen molar-refractivity contribution < 1.29 is 19.7 Å². The number of rotatable bonds is 2.